The summed E-state index contributed by atoms with van der Waals surface area (Å²) in [5.41, 5.74) is 3.80. The lowest BCUT2D eigenvalue weighted by molar-refractivity contribution is 0.768. The SMILES string of the molecule is Cn1cc(-c2cnc3ccc(NCc4cccnc4)nn23)cn1. The fraction of sp³-hybridized carbons (Fsp3) is 0.125. The third-order valence-electron chi connectivity index (χ3n) is 3.56. The summed E-state index contributed by atoms with van der Waals surface area (Å²) in [6.07, 6.45) is 9.16. The van der Waals surface area contributed by atoms with Gasteiger partial charge in [-0.15, -0.1) is 5.10 Å². The number of hydrogen-bond donors (Lipinski definition) is 1. The molecule has 0 amide bonds. The second-order valence-corrected chi connectivity index (χ2v) is 5.25. The maximum absolute atomic E-state index is 4.62. The molecule has 0 atom stereocenters. The van der Waals surface area contributed by atoms with Crippen LogP contribution in [0, 0.1) is 0 Å². The molecular weight excluding hydrogens is 290 g/mol. The van der Waals surface area contributed by atoms with Crippen LogP contribution >= 0.6 is 0 Å². The molecule has 0 unspecified atom stereocenters. The normalized spacial score (nSPS) is 11.0. The van der Waals surface area contributed by atoms with Crippen LogP contribution in [0.5, 0.6) is 0 Å². The fourth-order valence-electron chi connectivity index (χ4n) is 2.41. The van der Waals surface area contributed by atoms with E-state index in [4.69, 9.17) is 0 Å². The second-order valence-electron chi connectivity index (χ2n) is 5.25. The summed E-state index contributed by atoms with van der Waals surface area (Å²) in [6.45, 7) is 0.670. The average molecular weight is 305 g/mol. The van der Waals surface area contributed by atoms with Crippen molar-refractivity contribution in [1.29, 1.82) is 0 Å². The number of hydrogen-bond acceptors (Lipinski definition) is 5. The van der Waals surface area contributed by atoms with E-state index < -0.39 is 0 Å². The van der Waals surface area contributed by atoms with E-state index in [1.165, 1.54) is 0 Å². The van der Waals surface area contributed by atoms with Crippen molar-refractivity contribution in [3.8, 4) is 11.3 Å². The summed E-state index contributed by atoms with van der Waals surface area (Å²) in [7, 11) is 1.89. The Labute approximate surface area is 132 Å². The molecule has 0 aliphatic carbocycles. The lowest BCUT2D eigenvalue weighted by Gasteiger charge is -2.06. The Bertz CT molecular complexity index is 939. The van der Waals surface area contributed by atoms with E-state index in [0.29, 0.717) is 6.54 Å². The predicted octanol–water partition coefficient (Wildman–Crippen LogP) is 2.14. The number of aryl methyl sites for hydroxylation is 1. The minimum Gasteiger partial charge on any atom is -0.364 e. The number of imidazole rings is 1. The van der Waals surface area contributed by atoms with Crippen molar-refractivity contribution < 1.29 is 0 Å². The molecule has 4 aromatic rings. The highest BCUT2D eigenvalue weighted by Crippen LogP contribution is 2.20. The lowest BCUT2D eigenvalue weighted by Crippen LogP contribution is -2.04. The lowest BCUT2D eigenvalue weighted by atomic mass is 10.3. The topological polar surface area (TPSA) is 72.9 Å². The van der Waals surface area contributed by atoms with E-state index in [0.717, 1.165) is 28.3 Å². The standard InChI is InChI=1S/C16H15N7/c1-22-11-13(9-20-22)14-10-19-16-5-4-15(21-23(14)16)18-8-12-3-2-6-17-7-12/h2-7,9-11H,8H2,1H3,(H,18,21). The first kappa shape index (κ1) is 13.4. The molecule has 4 aromatic heterocycles. The van der Waals surface area contributed by atoms with Crippen LogP contribution in [0.15, 0.2) is 55.2 Å². The Balaban J connectivity index is 1.64. The summed E-state index contributed by atoms with van der Waals surface area (Å²) >= 11 is 0. The van der Waals surface area contributed by atoms with Gasteiger partial charge in [-0.05, 0) is 23.8 Å². The van der Waals surface area contributed by atoms with Crippen LogP contribution in [-0.4, -0.2) is 29.4 Å². The van der Waals surface area contributed by atoms with Gasteiger partial charge in [0.15, 0.2) is 5.65 Å². The summed E-state index contributed by atoms with van der Waals surface area (Å²) < 4.78 is 3.59. The van der Waals surface area contributed by atoms with Gasteiger partial charge in [0.1, 0.15) is 5.82 Å². The molecule has 4 heterocycles. The first-order chi connectivity index (χ1) is 11.3. The van der Waals surface area contributed by atoms with E-state index in [1.807, 2.05) is 54.4 Å². The van der Waals surface area contributed by atoms with Gasteiger partial charge in [0.25, 0.3) is 0 Å². The highest BCUT2D eigenvalue weighted by atomic mass is 15.3. The van der Waals surface area contributed by atoms with Crippen molar-refractivity contribution in [2.45, 2.75) is 6.54 Å². The average Bonchev–Trinajstić information content (AvgIpc) is 3.19. The van der Waals surface area contributed by atoms with E-state index in [2.05, 4.69) is 25.5 Å². The van der Waals surface area contributed by atoms with Gasteiger partial charge in [-0.3, -0.25) is 9.67 Å². The molecule has 1 N–H and O–H groups in total. The molecule has 0 aromatic carbocycles. The molecule has 0 saturated carbocycles. The summed E-state index contributed by atoms with van der Waals surface area (Å²) in [4.78, 5) is 8.50. The largest absolute Gasteiger partial charge is 0.364 e. The molecule has 7 nitrogen and oxygen atoms in total. The van der Waals surface area contributed by atoms with Gasteiger partial charge in [0.2, 0.25) is 0 Å². The number of aromatic nitrogens is 6. The molecule has 4 rings (SSSR count). The van der Waals surface area contributed by atoms with Crippen molar-refractivity contribution in [3.05, 3.63) is 60.8 Å². The van der Waals surface area contributed by atoms with E-state index in [1.54, 1.807) is 17.1 Å². The van der Waals surface area contributed by atoms with Crippen LogP contribution in [0.1, 0.15) is 5.56 Å². The van der Waals surface area contributed by atoms with Crippen LogP contribution in [0.4, 0.5) is 5.82 Å². The van der Waals surface area contributed by atoms with Crippen LogP contribution in [0.2, 0.25) is 0 Å². The third kappa shape index (κ3) is 2.64. The number of nitrogens with zero attached hydrogens (tertiary/aromatic N) is 6. The Hall–Kier alpha value is -3.22. The number of fused-ring (bicyclic) bond motifs is 1. The zero-order valence-corrected chi connectivity index (χ0v) is 12.6. The minimum absolute atomic E-state index is 0.670. The summed E-state index contributed by atoms with van der Waals surface area (Å²) in [6, 6.07) is 7.81. The number of nitrogens with one attached hydrogen (secondary N) is 1. The number of anilines is 1. The van der Waals surface area contributed by atoms with Crippen molar-refractivity contribution in [1.82, 2.24) is 29.4 Å². The zero-order valence-electron chi connectivity index (χ0n) is 12.6. The molecule has 0 saturated heterocycles. The maximum atomic E-state index is 4.62. The van der Waals surface area contributed by atoms with Gasteiger partial charge < -0.3 is 5.32 Å². The van der Waals surface area contributed by atoms with E-state index in [-0.39, 0.29) is 0 Å². The van der Waals surface area contributed by atoms with Gasteiger partial charge in [-0.2, -0.15) is 5.10 Å². The monoisotopic (exact) mass is 305 g/mol. The van der Waals surface area contributed by atoms with Gasteiger partial charge in [0, 0.05) is 37.7 Å². The molecule has 7 heteroatoms. The molecule has 0 spiro atoms. The Kier molecular flexibility index (Phi) is 3.23. The van der Waals surface area contributed by atoms with Crippen molar-refractivity contribution in [3.63, 3.8) is 0 Å². The van der Waals surface area contributed by atoms with E-state index >= 15 is 0 Å². The van der Waals surface area contributed by atoms with Gasteiger partial charge in [-0.1, -0.05) is 6.07 Å². The van der Waals surface area contributed by atoms with Crippen molar-refractivity contribution >= 4 is 11.5 Å². The highest BCUT2D eigenvalue weighted by molar-refractivity contribution is 5.62. The minimum atomic E-state index is 0.670. The molecule has 23 heavy (non-hydrogen) atoms. The molecule has 0 radical (unpaired) electrons. The van der Waals surface area contributed by atoms with Crippen LogP contribution in [0.3, 0.4) is 0 Å². The number of rotatable bonds is 4. The Morgan fingerprint density at radius 1 is 1.13 bits per heavy atom. The highest BCUT2D eigenvalue weighted by Gasteiger charge is 2.09. The number of pyridine rings is 1. The molecule has 0 aliphatic rings. The van der Waals surface area contributed by atoms with Gasteiger partial charge in [0.05, 0.1) is 18.1 Å². The molecule has 0 aliphatic heterocycles. The predicted molar refractivity (Wildman–Crippen MR) is 86.8 cm³/mol. The zero-order chi connectivity index (χ0) is 15.6. The van der Waals surface area contributed by atoms with Crippen LogP contribution in [0.25, 0.3) is 16.9 Å². The molecular formula is C16H15N7. The summed E-state index contributed by atoms with van der Waals surface area (Å²) in [5.74, 6) is 0.782. The fourth-order valence-corrected chi connectivity index (χ4v) is 2.41. The van der Waals surface area contributed by atoms with Crippen molar-refractivity contribution in [2.24, 2.45) is 7.05 Å². The second kappa shape index (κ2) is 5.53. The molecule has 114 valence electrons. The van der Waals surface area contributed by atoms with Gasteiger partial charge >= 0.3 is 0 Å². The third-order valence-corrected chi connectivity index (χ3v) is 3.56. The van der Waals surface area contributed by atoms with Crippen molar-refractivity contribution in [2.75, 3.05) is 5.32 Å². The quantitative estimate of drug-likeness (QED) is 0.625. The van der Waals surface area contributed by atoms with Crippen LogP contribution < -0.4 is 5.32 Å². The maximum Gasteiger partial charge on any atom is 0.154 e. The molecule has 0 fully saturated rings. The van der Waals surface area contributed by atoms with Crippen LogP contribution in [-0.2, 0) is 13.6 Å². The molecule has 0 bridgehead atoms. The first-order valence-corrected chi connectivity index (χ1v) is 7.26. The smallest absolute Gasteiger partial charge is 0.154 e. The Morgan fingerprint density at radius 3 is 2.87 bits per heavy atom. The Morgan fingerprint density at radius 2 is 2.09 bits per heavy atom. The van der Waals surface area contributed by atoms with E-state index in [9.17, 15) is 0 Å². The summed E-state index contributed by atoms with van der Waals surface area (Å²) in [5, 5.41) is 12.1. The first-order valence-electron chi connectivity index (χ1n) is 7.26. The van der Waals surface area contributed by atoms with Gasteiger partial charge in [-0.25, -0.2) is 9.50 Å².